The first-order valence-corrected chi connectivity index (χ1v) is 8.49. The lowest BCUT2D eigenvalue weighted by Gasteiger charge is -2.32. The van der Waals surface area contributed by atoms with Crippen LogP contribution < -0.4 is 10.2 Å². The molecule has 1 heterocycles. The smallest absolute Gasteiger partial charge is 0.259 e. The van der Waals surface area contributed by atoms with E-state index in [0.717, 1.165) is 24.9 Å². The lowest BCUT2D eigenvalue weighted by molar-refractivity contribution is -0.122. The number of amides is 2. The largest absolute Gasteiger partial charge is 0.354 e. The molecule has 1 fully saturated rings. The number of hydrogen-bond acceptors (Lipinski definition) is 2. The van der Waals surface area contributed by atoms with E-state index in [1.165, 1.54) is 0 Å². The van der Waals surface area contributed by atoms with Crippen LogP contribution in [0.2, 0.25) is 0 Å². The van der Waals surface area contributed by atoms with Crippen molar-refractivity contribution in [3.05, 3.63) is 66.2 Å². The number of nitrogens with zero attached hydrogens (tertiary/aromatic N) is 1. The molecule has 4 heteroatoms. The number of anilines is 1. The minimum atomic E-state index is -0.472. The fourth-order valence-corrected chi connectivity index (χ4v) is 3.09. The van der Waals surface area contributed by atoms with Crippen molar-refractivity contribution in [1.29, 1.82) is 0 Å². The number of nitrogens with one attached hydrogen (secondary N) is 1. The van der Waals surface area contributed by atoms with Crippen LogP contribution in [0.15, 0.2) is 60.7 Å². The molecule has 1 unspecified atom stereocenters. The van der Waals surface area contributed by atoms with Crippen LogP contribution in [0.5, 0.6) is 0 Å². The third kappa shape index (κ3) is 3.65. The van der Waals surface area contributed by atoms with Crippen molar-refractivity contribution in [2.24, 2.45) is 0 Å². The second-order valence-corrected chi connectivity index (χ2v) is 6.03. The summed E-state index contributed by atoms with van der Waals surface area (Å²) in [5.74, 6) is -0.203. The Bertz CT molecular complexity index is 685. The van der Waals surface area contributed by atoms with Gasteiger partial charge in [-0.3, -0.25) is 14.5 Å². The van der Waals surface area contributed by atoms with Gasteiger partial charge in [-0.2, -0.15) is 0 Å². The molecule has 0 aromatic heterocycles. The first-order valence-electron chi connectivity index (χ1n) is 8.49. The zero-order valence-corrected chi connectivity index (χ0v) is 13.7. The summed E-state index contributed by atoms with van der Waals surface area (Å²) in [7, 11) is 0. The lowest BCUT2D eigenvalue weighted by atomic mass is 10.0. The van der Waals surface area contributed by atoms with Gasteiger partial charge in [0.25, 0.3) is 5.91 Å². The summed E-state index contributed by atoms with van der Waals surface area (Å²) in [5.41, 5.74) is 1.35. The van der Waals surface area contributed by atoms with Crippen molar-refractivity contribution >= 4 is 17.5 Å². The predicted molar refractivity (Wildman–Crippen MR) is 95.0 cm³/mol. The molecule has 1 aliphatic heterocycles. The van der Waals surface area contributed by atoms with Gasteiger partial charge in [-0.25, -0.2) is 0 Å². The van der Waals surface area contributed by atoms with Gasteiger partial charge in [-0.1, -0.05) is 49.2 Å². The van der Waals surface area contributed by atoms with E-state index in [0.29, 0.717) is 18.5 Å². The van der Waals surface area contributed by atoms with Crippen LogP contribution in [-0.2, 0) is 4.79 Å². The molecule has 24 heavy (non-hydrogen) atoms. The molecular formula is C20H22N2O2. The van der Waals surface area contributed by atoms with Crippen LogP contribution in [-0.4, -0.2) is 24.4 Å². The Morgan fingerprint density at radius 3 is 2.29 bits per heavy atom. The molecule has 0 saturated carbocycles. The van der Waals surface area contributed by atoms with Crippen molar-refractivity contribution in [3.63, 3.8) is 0 Å². The molecule has 1 atom stereocenters. The number of rotatable bonds is 3. The fourth-order valence-electron chi connectivity index (χ4n) is 3.09. The summed E-state index contributed by atoms with van der Waals surface area (Å²) in [4.78, 5) is 27.4. The fraction of sp³-hybridized carbons (Fsp3) is 0.300. The highest BCUT2D eigenvalue weighted by Gasteiger charge is 2.31. The molecular weight excluding hydrogens is 300 g/mol. The quantitative estimate of drug-likeness (QED) is 0.941. The summed E-state index contributed by atoms with van der Waals surface area (Å²) < 4.78 is 0. The van der Waals surface area contributed by atoms with E-state index < -0.39 is 6.04 Å². The third-order valence-corrected chi connectivity index (χ3v) is 4.34. The molecule has 2 amide bonds. The van der Waals surface area contributed by atoms with Crippen molar-refractivity contribution in [3.8, 4) is 0 Å². The van der Waals surface area contributed by atoms with Gasteiger partial charge in [0.2, 0.25) is 5.91 Å². The van der Waals surface area contributed by atoms with Gasteiger partial charge in [0.1, 0.15) is 6.04 Å². The molecule has 1 N–H and O–H groups in total. The van der Waals surface area contributed by atoms with Crippen LogP contribution in [0.4, 0.5) is 5.69 Å². The Kier molecular flexibility index (Phi) is 5.26. The van der Waals surface area contributed by atoms with E-state index in [1.54, 1.807) is 17.0 Å². The Morgan fingerprint density at radius 2 is 1.58 bits per heavy atom. The molecule has 124 valence electrons. The second kappa shape index (κ2) is 7.77. The van der Waals surface area contributed by atoms with E-state index in [9.17, 15) is 9.59 Å². The Morgan fingerprint density at radius 1 is 0.917 bits per heavy atom. The van der Waals surface area contributed by atoms with E-state index in [-0.39, 0.29) is 11.8 Å². The van der Waals surface area contributed by atoms with Crippen molar-refractivity contribution < 1.29 is 9.59 Å². The average Bonchev–Trinajstić information content (AvgIpc) is 2.62. The highest BCUT2D eigenvalue weighted by Crippen LogP contribution is 2.24. The van der Waals surface area contributed by atoms with E-state index in [2.05, 4.69) is 5.32 Å². The summed E-state index contributed by atoms with van der Waals surface area (Å²) in [6, 6.07) is 18.1. The number of benzene rings is 2. The third-order valence-electron chi connectivity index (χ3n) is 4.34. The highest BCUT2D eigenvalue weighted by molar-refractivity contribution is 6.09. The molecule has 0 aliphatic carbocycles. The van der Waals surface area contributed by atoms with Crippen molar-refractivity contribution in [1.82, 2.24) is 5.32 Å². The van der Waals surface area contributed by atoms with Gasteiger partial charge >= 0.3 is 0 Å². The number of hydrogen-bond donors (Lipinski definition) is 1. The summed E-state index contributed by atoms with van der Waals surface area (Å²) >= 11 is 0. The zero-order chi connectivity index (χ0) is 16.8. The Hall–Kier alpha value is -2.62. The average molecular weight is 322 g/mol. The van der Waals surface area contributed by atoms with Gasteiger partial charge in [0, 0.05) is 17.8 Å². The molecule has 2 aromatic rings. The molecule has 0 radical (unpaired) electrons. The van der Waals surface area contributed by atoms with Gasteiger partial charge in [0.05, 0.1) is 0 Å². The highest BCUT2D eigenvalue weighted by atomic mass is 16.2. The van der Waals surface area contributed by atoms with Crippen LogP contribution >= 0.6 is 0 Å². The van der Waals surface area contributed by atoms with Crippen LogP contribution in [0, 0.1) is 0 Å². The maximum absolute atomic E-state index is 13.1. The molecule has 3 rings (SSSR count). The van der Waals surface area contributed by atoms with Gasteiger partial charge in [-0.05, 0) is 37.1 Å². The first kappa shape index (κ1) is 16.2. The van der Waals surface area contributed by atoms with E-state index in [1.807, 2.05) is 48.5 Å². The Labute approximate surface area is 142 Å². The number of carbonyl (C=O) groups is 2. The SMILES string of the molecule is O=C1NCCCCCC1N(C(=O)c1ccccc1)c1ccccc1. The van der Waals surface area contributed by atoms with Gasteiger partial charge < -0.3 is 5.32 Å². The topological polar surface area (TPSA) is 49.4 Å². The minimum absolute atomic E-state index is 0.0668. The number of para-hydroxylation sites is 1. The van der Waals surface area contributed by atoms with Crippen molar-refractivity contribution in [2.45, 2.75) is 31.7 Å². The maximum Gasteiger partial charge on any atom is 0.259 e. The Balaban J connectivity index is 1.98. The van der Waals surface area contributed by atoms with Crippen LogP contribution in [0.3, 0.4) is 0 Å². The van der Waals surface area contributed by atoms with Crippen LogP contribution in [0.25, 0.3) is 0 Å². The normalized spacial score (nSPS) is 18.2. The van der Waals surface area contributed by atoms with Crippen LogP contribution in [0.1, 0.15) is 36.0 Å². The van der Waals surface area contributed by atoms with E-state index >= 15 is 0 Å². The predicted octanol–water partition coefficient (Wildman–Crippen LogP) is 3.39. The summed E-state index contributed by atoms with van der Waals surface area (Å²) in [6.45, 7) is 0.678. The summed E-state index contributed by atoms with van der Waals surface area (Å²) in [5, 5.41) is 2.96. The maximum atomic E-state index is 13.1. The monoisotopic (exact) mass is 322 g/mol. The number of carbonyl (C=O) groups excluding carboxylic acids is 2. The lowest BCUT2D eigenvalue weighted by Crippen LogP contribution is -2.50. The molecule has 4 nitrogen and oxygen atoms in total. The van der Waals surface area contributed by atoms with Gasteiger partial charge in [-0.15, -0.1) is 0 Å². The molecule has 1 saturated heterocycles. The second-order valence-electron chi connectivity index (χ2n) is 6.03. The first-order chi connectivity index (χ1) is 11.8. The molecule has 0 bridgehead atoms. The van der Waals surface area contributed by atoms with E-state index in [4.69, 9.17) is 0 Å². The standard InChI is InChI=1S/C20H22N2O2/c23-19-18(14-8-3-9-15-21-19)22(17-12-6-2-7-13-17)20(24)16-10-4-1-5-11-16/h1-2,4-7,10-13,18H,3,8-9,14-15H2,(H,21,23). The molecule has 0 spiro atoms. The van der Waals surface area contributed by atoms with Gasteiger partial charge in [0.15, 0.2) is 0 Å². The summed E-state index contributed by atoms with van der Waals surface area (Å²) in [6.07, 6.45) is 3.69. The molecule has 1 aliphatic rings. The zero-order valence-electron chi connectivity index (χ0n) is 13.7. The minimum Gasteiger partial charge on any atom is -0.354 e. The molecule has 2 aromatic carbocycles. The van der Waals surface area contributed by atoms with Crippen molar-refractivity contribution in [2.75, 3.05) is 11.4 Å².